The topological polar surface area (TPSA) is 50.4 Å². The third kappa shape index (κ3) is 2.52. The number of rotatable bonds is 2. The summed E-state index contributed by atoms with van der Waals surface area (Å²) in [5.74, 6) is 0.813. The Kier molecular flexibility index (Phi) is 3.22. The number of ether oxygens (including phenoxy) is 1. The average Bonchev–Trinajstić information content (AvgIpc) is 2.27. The summed E-state index contributed by atoms with van der Waals surface area (Å²) < 4.78 is 5.22. The fourth-order valence-corrected chi connectivity index (χ4v) is 2.27. The average molecular weight is 234 g/mol. The molecule has 17 heavy (non-hydrogen) atoms. The molecule has 0 radical (unpaired) electrons. The summed E-state index contributed by atoms with van der Waals surface area (Å²) in [6.45, 7) is 3.66. The van der Waals surface area contributed by atoms with Crippen molar-refractivity contribution in [1.82, 2.24) is 5.32 Å². The lowest BCUT2D eigenvalue weighted by atomic mass is 9.93. The van der Waals surface area contributed by atoms with Gasteiger partial charge in [0.2, 0.25) is 5.91 Å². The van der Waals surface area contributed by atoms with Gasteiger partial charge in [-0.15, -0.1) is 0 Å². The standard InChI is InChI=1S/C13H18N2O2/c1-8-6-13(15-9(2)16)11-7-10(17-3)4-5-12(11)14-8/h4-5,7-8,13-14H,6H2,1-3H3,(H,15,16)/t8-,13+/m1/s1. The first-order valence-electron chi connectivity index (χ1n) is 5.81. The van der Waals surface area contributed by atoms with E-state index in [1.165, 1.54) is 0 Å². The number of nitrogens with one attached hydrogen (secondary N) is 2. The van der Waals surface area contributed by atoms with Crippen molar-refractivity contribution in [2.45, 2.75) is 32.4 Å². The fourth-order valence-electron chi connectivity index (χ4n) is 2.27. The summed E-state index contributed by atoms with van der Waals surface area (Å²) in [6.07, 6.45) is 0.889. The quantitative estimate of drug-likeness (QED) is 0.823. The molecule has 1 aromatic rings. The summed E-state index contributed by atoms with van der Waals surface area (Å²) in [4.78, 5) is 11.2. The Bertz CT molecular complexity index is 431. The van der Waals surface area contributed by atoms with Gasteiger partial charge in [-0.1, -0.05) is 0 Å². The molecule has 4 heteroatoms. The second kappa shape index (κ2) is 4.65. The van der Waals surface area contributed by atoms with E-state index in [2.05, 4.69) is 17.6 Å². The second-order valence-corrected chi connectivity index (χ2v) is 4.49. The van der Waals surface area contributed by atoms with Gasteiger partial charge in [0.05, 0.1) is 13.2 Å². The lowest BCUT2D eigenvalue weighted by Crippen LogP contribution is -2.35. The van der Waals surface area contributed by atoms with Crippen molar-refractivity contribution in [2.24, 2.45) is 0 Å². The van der Waals surface area contributed by atoms with Crippen molar-refractivity contribution in [3.8, 4) is 5.75 Å². The number of amides is 1. The second-order valence-electron chi connectivity index (χ2n) is 4.49. The largest absolute Gasteiger partial charge is 0.497 e. The van der Waals surface area contributed by atoms with Gasteiger partial charge in [-0.2, -0.15) is 0 Å². The SMILES string of the molecule is COc1ccc2c(c1)[C@@H](NC(C)=O)C[C@@H](C)N2. The first-order valence-corrected chi connectivity index (χ1v) is 5.81. The zero-order valence-corrected chi connectivity index (χ0v) is 10.4. The molecule has 92 valence electrons. The van der Waals surface area contributed by atoms with Crippen LogP contribution in [0.15, 0.2) is 18.2 Å². The predicted molar refractivity (Wildman–Crippen MR) is 67.3 cm³/mol. The molecule has 0 aromatic heterocycles. The fraction of sp³-hybridized carbons (Fsp3) is 0.462. The number of carbonyl (C=O) groups is 1. The van der Waals surface area contributed by atoms with Gasteiger partial charge in [0.25, 0.3) is 0 Å². The summed E-state index contributed by atoms with van der Waals surface area (Å²) in [5, 5.41) is 6.39. The zero-order valence-electron chi connectivity index (χ0n) is 10.4. The van der Waals surface area contributed by atoms with Crippen LogP contribution >= 0.6 is 0 Å². The maximum atomic E-state index is 11.2. The Morgan fingerprint density at radius 2 is 2.29 bits per heavy atom. The smallest absolute Gasteiger partial charge is 0.217 e. The van der Waals surface area contributed by atoms with Gasteiger partial charge >= 0.3 is 0 Å². The zero-order chi connectivity index (χ0) is 12.4. The van der Waals surface area contributed by atoms with Crippen molar-refractivity contribution in [3.63, 3.8) is 0 Å². The summed E-state index contributed by atoms with van der Waals surface area (Å²) in [6, 6.07) is 6.32. The lowest BCUT2D eigenvalue weighted by Gasteiger charge is -2.32. The molecule has 2 rings (SSSR count). The minimum Gasteiger partial charge on any atom is -0.497 e. The molecular formula is C13H18N2O2. The van der Waals surface area contributed by atoms with Crippen molar-refractivity contribution in [2.75, 3.05) is 12.4 Å². The molecule has 1 aromatic carbocycles. The van der Waals surface area contributed by atoms with Gasteiger partial charge in [-0.3, -0.25) is 4.79 Å². The van der Waals surface area contributed by atoms with E-state index in [1.807, 2.05) is 18.2 Å². The molecule has 4 nitrogen and oxygen atoms in total. The van der Waals surface area contributed by atoms with Crippen LogP contribution in [0.1, 0.15) is 31.9 Å². The summed E-state index contributed by atoms with van der Waals surface area (Å²) in [7, 11) is 1.65. The Labute approximate surface area is 101 Å². The highest BCUT2D eigenvalue weighted by Crippen LogP contribution is 2.34. The van der Waals surface area contributed by atoms with Crippen LogP contribution in [0.25, 0.3) is 0 Å². The van der Waals surface area contributed by atoms with Crippen LogP contribution in [0.2, 0.25) is 0 Å². The summed E-state index contributed by atoms with van der Waals surface area (Å²) >= 11 is 0. The molecule has 0 spiro atoms. The van der Waals surface area contributed by atoms with Gasteiger partial charge in [0.1, 0.15) is 5.75 Å². The molecule has 0 aliphatic carbocycles. The van der Waals surface area contributed by atoms with Crippen molar-refractivity contribution in [1.29, 1.82) is 0 Å². The molecule has 0 unspecified atom stereocenters. The Morgan fingerprint density at radius 3 is 2.94 bits per heavy atom. The number of methoxy groups -OCH3 is 1. The molecule has 1 aliphatic heterocycles. The van der Waals surface area contributed by atoms with Gasteiger partial charge in [0.15, 0.2) is 0 Å². The number of hydrogen-bond donors (Lipinski definition) is 2. The highest BCUT2D eigenvalue weighted by atomic mass is 16.5. The lowest BCUT2D eigenvalue weighted by molar-refractivity contribution is -0.119. The molecule has 0 saturated carbocycles. The Balaban J connectivity index is 2.35. The van der Waals surface area contributed by atoms with Gasteiger partial charge in [-0.05, 0) is 31.5 Å². The molecule has 2 atom stereocenters. The third-order valence-electron chi connectivity index (χ3n) is 3.00. The van der Waals surface area contributed by atoms with Crippen molar-refractivity contribution < 1.29 is 9.53 Å². The molecule has 1 aliphatic rings. The van der Waals surface area contributed by atoms with Gasteiger partial charge < -0.3 is 15.4 Å². The van der Waals surface area contributed by atoms with Crippen molar-refractivity contribution in [3.05, 3.63) is 23.8 Å². The van der Waals surface area contributed by atoms with E-state index in [9.17, 15) is 4.79 Å². The van der Waals surface area contributed by atoms with Crippen LogP contribution in [-0.2, 0) is 4.79 Å². The molecule has 1 amide bonds. The number of anilines is 1. The van der Waals surface area contributed by atoms with Crippen LogP contribution in [0.5, 0.6) is 5.75 Å². The van der Waals surface area contributed by atoms with Crippen molar-refractivity contribution >= 4 is 11.6 Å². The number of carbonyl (C=O) groups excluding carboxylic acids is 1. The van der Waals surface area contributed by atoms with Crippen LogP contribution in [0.3, 0.4) is 0 Å². The predicted octanol–water partition coefficient (Wildman–Crippen LogP) is 2.08. The number of hydrogen-bond acceptors (Lipinski definition) is 3. The number of fused-ring (bicyclic) bond motifs is 1. The highest BCUT2D eigenvalue weighted by Gasteiger charge is 2.25. The van der Waals surface area contributed by atoms with Crippen LogP contribution in [-0.4, -0.2) is 19.1 Å². The monoisotopic (exact) mass is 234 g/mol. The Morgan fingerprint density at radius 1 is 1.53 bits per heavy atom. The van der Waals surface area contributed by atoms with E-state index in [4.69, 9.17) is 4.74 Å². The highest BCUT2D eigenvalue weighted by molar-refractivity contribution is 5.74. The first-order chi connectivity index (χ1) is 8.10. The number of benzene rings is 1. The molecule has 0 bridgehead atoms. The Hall–Kier alpha value is -1.71. The van der Waals surface area contributed by atoms with Crippen LogP contribution in [0.4, 0.5) is 5.69 Å². The molecular weight excluding hydrogens is 216 g/mol. The van der Waals surface area contributed by atoms with E-state index in [1.54, 1.807) is 14.0 Å². The molecule has 1 heterocycles. The van der Waals surface area contributed by atoms with E-state index in [0.29, 0.717) is 6.04 Å². The van der Waals surface area contributed by atoms with Gasteiger partial charge in [0, 0.05) is 24.2 Å². The molecule has 0 fully saturated rings. The normalized spacial score (nSPS) is 22.3. The first kappa shape index (κ1) is 11.8. The van der Waals surface area contributed by atoms with E-state index >= 15 is 0 Å². The van der Waals surface area contributed by atoms with E-state index < -0.39 is 0 Å². The minimum atomic E-state index is -0.00197. The molecule has 0 saturated heterocycles. The van der Waals surface area contributed by atoms with Crippen LogP contribution in [0, 0.1) is 0 Å². The minimum absolute atomic E-state index is 0.00197. The van der Waals surface area contributed by atoms with Gasteiger partial charge in [-0.25, -0.2) is 0 Å². The third-order valence-corrected chi connectivity index (χ3v) is 3.00. The summed E-state index contributed by atoms with van der Waals surface area (Å²) in [5.41, 5.74) is 2.17. The van der Waals surface area contributed by atoms with E-state index in [-0.39, 0.29) is 11.9 Å². The maximum absolute atomic E-state index is 11.2. The molecule has 2 N–H and O–H groups in total. The van der Waals surface area contributed by atoms with Crippen LogP contribution < -0.4 is 15.4 Å². The maximum Gasteiger partial charge on any atom is 0.217 e. The van der Waals surface area contributed by atoms with E-state index in [0.717, 1.165) is 23.4 Å².